The van der Waals surface area contributed by atoms with E-state index in [0.717, 1.165) is 17.0 Å². The molecule has 0 unspecified atom stereocenters. The summed E-state index contributed by atoms with van der Waals surface area (Å²) in [4.78, 5) is 27.4. The van der Waals surface area contributed by atoms with Gasteiger partial charge in [-0.25, -0.2) is 5.01 Å². The quantitative estimate of drug-likeness (QED) is 0.614. The van der Waals surface area contributed by atoms with Crippen molar-refractivity contribution >= 4 is 17.5 Å². The highest BCUT2D eigenvalue weighted by molar-refractivity contribution is 6.03. The van der Waals surface area contributed by atoms with Crippen LogP contribution in [0.4, 0.5) is 0 Å². The van der Waals surface area contributed by atoms with Gasteiger partial charge >= 0.3 is 0 Å². The number of carbonyl (C=O) groups is 2. The number of benzene rings is 1. The van der Waals surface area contributed by atoms with Crippen LogP contribution in [0, 0.1) is 5.92 Å². The first-order valence-corrected chi connectivity index (χ1v) is 10.3. The first-order chi connectivity index (χ1) is 14.9. The smallest absolute Gasteiger partial charge is 0.262 e. The van der Waals surface area contributed by atoms with Crippen LogP contribution in [0.3, 0.4) is 0 Å². The fraction of sp³-hybridized carbons (Fsp3) is 0.435. The molecule has 0 spiro atoms. The Labute approximate surface area is 182 Å². The Kier molecular flexibility index (Phi) is 7.46. The van der Waals surface area contributed by atoms with Crippen molar-refractivity contribution in [3.63, 3.8) is 0 Å². The topological polar surface area (TPSA) is 84.6 Å². The summed E-state index contributed by atoms with van der Waals surface area (Å²) in [6, 6.07) is 10.8. The number of rotatable bonds is 9. The maximum Gasteiger partial charge on any atom is 0.262 e. The molecule has 2 aromatic rings. The summed E-state index contributed by atoms with van der Waals surface area (Å²) in [6.45, 7) is 4.25. The molecular formula is C23H29N3O5. The molecule has 0 aliphatic carbocycles. The van der Waals surface area contributed by atoms with Gasteiger partial charge in [0, 0.05) is 26.0 Å². The average Bonchev–Trinajstić information content (AvgIpc) is 3.46. The molecule has 0 saturated heterocycles. The fourth-order valence-corrected chi connectivity index (χ4v) is 3.47. The number of nitrogens with zero attached hydrogens (tertiary/aromatic N) is 3. The van der Waals surface area contributed by atoms with Gasteiger partial charge in [-0.3, -0.25) is 9.59 Å². The number of methoxy groups -OCH3 is 2. The zero-order valence-corrected chi connectivity index (χ0v) is 18.4. The van der Waals surface area contributed by atoms with Crippen molar-refractivity contribution in [1.29, 1.82) is 0 Å². The Morgan fingerprint density at radius 1 is 1.23 bits per heavy atom. The van der Waals surface area contributed by atoms with Gasteiger partial charge in [-0.2, -0.15) is 5.10 Å². The number of carbonyl (C=O) groups excluding carboxylic acids is 2. The average molecular weight is 428 g/mol. The highest BCUT2D eigenvalue weighted by Crippen LogP contribution is 2.33. The molecule has 1 atom stereocenters. The van der Waals surface area contributed by atoms with Gasteiger partial charge in [-0.15, -0.1) is 0 Å². The van der Waals surface area contributed by atoms with Crippen molar-refractivity contribution in [2.45, 2.75) is 26.3 Å². The van der Waals surface area contributed by atoms with Crippen molar-refractivity contribution in [1.82, 2.24) is 9.91 Å². The highest BCUT2D eigenvalue weighted by atomic mass is 16.5. The van der Waals surface area contributed by atoms with E-state index in [-0.39, 0.29) is 30.3 Å². The predicted octanol–water partition coefficient (Wildman–Crippen LogP) is 3.10. The first kappa shape index (κ1) is 22.6. The van der Waals surface area contributed by atoms with Crippen LogP contribution in [0.25, 0.3) is 0 Å². The molecule has 8 nitrogen and oxygen atoms in total. The summed E-state index contributed by atoms with van der Waals surface area (Å²) in [5.74, 6) is 0.814. The molecule has 3 rings (SSSR count). The fourth-order valence-electron chi connectivity index (χ4n) is 3.47. The van der Waals surface area contributed by atoms with Crippen LogP contribution < -0.4 is 4.74 Å². The summed E-state index contributed by atoms with van der Waals surface area (Å²) in [5.41, 5.74) is 1.68. The molecule has 0 N–H and O–H groups in total. The molecule has 2 amide bonds. The van der Waals surface area contributed by atoms with Crippen LogP contribution in [0.15, 0.2) is 52.2 Å². The maximum absolute atomic E-state index is 13.3. The van der Waals surface area contributed by atoms with Gasteiger partial charge in [0.15, 0.2) is 0 Å². The Bertz CT molecular complexity index is 906. The molecule has 1 aromatic heterocycles. The molecule has 31 heavy (non-hydrogen) atoms. The lowest BCUT2D eigenvalue weighted by molar-refractivity contribution is -0.144. The van der Waals surface area contributed by atoms with Gasteiger partial charge in [0.2, 0.25) is 5.91 Å². The minimum Gasteiger partial charge on any atom is -0.497 e. The number of amides is 2. The van der Waals surface area contributed by atoms with E-state index in [9.17, 15) is 9.59 Å². The molecule has 0 radical (unpaired) electrons. The van der Waals surface area contributed by atoms with E-state index in [1.807, 2.05) is 44.2 Å². The van der Waals surface area contributed by atoms with E-state index in [1.165, 1.54) is 9.91 Å². The number of furan rings is 1. The lowest BCUT2D eigenvalue weighted by Gasteiger charge is -2.27. The first-order valence-electron chi connectivity index (χ1n) is 10.3. The predicted molar refractivity (Wildman–Crippen MR) is 116 cm³/mol. The van der Waals surface area contributed by atoms with E-state index in [4.69, 9.17) is 13.9 Å². The van der Waals surface area contributed by atoms with Crippen LogP contribution in [0.2, 0.25) is 0 Å². The van der Waals surface area contributed by atoms with Gasteiger partial charge in [0.05, 0.1) is 25.7 Å². The van der Waals surface area contributed by atoms with Gasteiger partial charge in [-0.1, -0.05) is 13.8 Å². The standard InChI is InChI=1S/C23H29N3O5/c1-16(2)23(28)25(11-13-29-3)15-22(27)26-20(21-6-5-12-31-21)14-19(24-26)17-7-9-18(30-4)10-8-17/h5-10,12,16,20H,11,13-15H2,1-4H3/t20-/m1/s1. The summed E-state index contributed by atoms with van der Waals surface area (Å²) < 4.78 is 15.9. The molecule has 0 bridgehead atoms. The third-order valence-electron chi connectivity index (χ3n) is 5.16. The molecule has 1 aromatic carbocycles. The van der Waals surface area contributed by atoms with Gasteiger partial charge < -0.3 is 18.8 Å². The highest BCUT2D eigenvalue weighted by Gasteiger charge is 2.36. The third-order valence-corrected chi connectivity index (χ3v) is 5.16. The van der Waals surface area contributed by atoms with Crippen molar-refractivity contribution in [2.24, 2.45) is 11.0 Å². The van der Waals surface area contributed by atoms with Gasteiger partial charge in [0.1, 0.15) is 24.1 Å². The van der Waals surface area contributed by atoms with Crippen LogP contribution in [-0.4, -0.2) is 61.4 Å². The Morgan fingerprint density at radius 3 is 2.55 bits per heavy atom. The molecule has 0 saturated carbocycles. The number of hydrazone groups is 1. The Hall–Kier alpha value is -3.13. The molecule has 0 fully saturated rings. The molecule has 1 aliphatic heterocycles. The van der Waals surface area contributed by atoms with Crippen LogP contribution in [-0.2, 0) is 14.3 Å². The monoisotopic (exact) mass is 427 g/mol. The van der Waals surface area contributed by atoms with Crippen LogP contribution in [0.5, 0.6) is 5.75 Å². The summed E-state index contributed by atoms with van der Waals surface area (Å²) >= 11 is 0. The second-order valence-corrected chi connectivity index (χ2v) is 7.66. The zero-order chi connectivity index (χ0) is 22.4. The molecule has 1 aliphatic rings. The Morgan fingerprint density at radius 2 is 1.97 bits per heavy atom. The third kappa shape index (κ3) is 5.32. The summed E-state index contributed by atoms with van der Waals surface area (Å²) in [6.07, 6.45) is 2.10. The molecule has 166 valence electrons. The van der Waals surface area contributed by atoms with Crippen molar-refractivity contribution in [3.05, 3.63) is 54.0 Å². The van der Waals surface area contributed by atoms with Gasteiger partial charge in [-0.05, 0) is 42.0 Å². The van der Waals surface area contributed by atoms with E-state index in [0.29, 0.717) is 25.3 Å². The van der Waals surface area contributed by atoms with Gasteiger partial charge in [0.25, 0.3) is 5.91 Å². The van der Waals surface area contributed by atoms with E-state index in [1.54, 1.807) is 26.5 Å². The normalized spacial score (nSPS) is 15.8. The number of hydrogen-bond acceptors (Lipinski definition) is 6. The lowest BCUT2D eigenvalue weighted by Crippen LogP contribution is -2.44. The number of hydrogen-bond donors (Lipinski definition) is 0. The van der Waals surface area contributed by atoms with E-state index < -0.39 is 0 Å². The summed E-state index contributed by atoms with van der Waals surface area (Å²) in [7, 11) is 3.18. The van der Waals surface area contributed by atoms with Crippen LogP contribution in [0.1, 0.15) is 37.6 Å². The summed E-state index contributed by atoms with van der Waals surface area (Å²) in [5, 5.41) is 6.06. The molecule has 2 heterocycles. The molecule has 8 heteroatoms. The second kappa shape index (κ2) is 10.3. The second-order valence-electron chi connectivity index (χ2n) is 7.66. The Balaban J connectivity index is 1.85. The molecular weight excluding hydrogens is 398 g/mol. The lowest BCUT2D eigenvalue weighted by atomic mass is 10.0. The maximum atomic E-state index is 13.3. The number of ether oxygens (including phenoxy) is 2. The minimum absolute atomic E-state index is 0.0724. The largest absolute Gasteiger partial charge is 0.497 e. The van der Waals surface area contributed by atoms with Crippen molar-refractivity contribution < 1.29 is 23.5 Å². The van der Waals surface area contributed by atoms with E-state index in [2.05, 4.69) is 5.10 Å². The van der Waals surface area contributed by atoms with Crippen LogP contribution >= 0.6 is 0 Å². The van der Waals surface area contributed by atoms with Crippen molar-refractivity contribution in [3.8, 4) is 5.75 Å². The van der Waals surface area contributed by atoms with Crippen molar-refractivity contribution in [2.75, 3.05) is 33.9 Å². The minimum atomic E-state index is -0.363. The zero-order valence-electron chi connectivity index (χ0n) is 18.4. The van der Waals surface area contributed by atoms with E-state index >= 15 is 0 Å². The SMILES string of the molecule is COCCN(CC(=O)N1N=C(c2ccc(OC)cc2)C[C@@H]1c1ccco1)C(=O)C(C)C.